The van der Waals surface area contributed by atoms with Gasteiger partial charge in [-0.05, 0) is 102 Å². The lowest BCUT2D eigenvalue weighted by atomic mass is 9.36. The highest BCUT2D eigenvalue weighted by molar-refractivity contribution is 5.45. The van der Waals surface area contributed by atoms with Gasteiger partial charge in [-0.25, -0.2) is 0 Å². The van der Waals surface area contributed by atoms with E-state index in [1.165, 1.54) is 44.9 Å². The molecule has 5 rings (SSSR count). The molecule has 174 valence electrons. The largest absolute Gasteiger partial charge is 0.393 e. The molecule has 0 aliphatic heterocycles. The summed E-state index contributed by atoms with van der Waals surface area (Å²) in [4.78, 5) is 0. The highest BCUT2D eigenvalue weighted by Crippen LogP contribution is 2.74. The summed E-state index contributed by atoms with van der Waals surface area (Å²) in [5, 5.41) is 10.9. The van der Waals surface area contributed by atoms with E-state index in [9.17, 15) is 5.11 Å². The summed E-state index contributed by atoms with van der Waals surface area (Å²) in [7, 11) is 0. The van der Waals surface area contributed by atoms with Crippen LogP contribution in [0.3, 0.4) is 0 Å². The van der Waals surface area contributed by atoms with Gasteiger partial charge in [-0.15, -0.1) is 0 Å². The van der Waals surface area contributed by atoms with Gasteiger partial charge in [0.25, 0.3) is 0 Å². The molecule has 1 N–H and O–H groups in total. The molecule has 1 nitrogen and oxygen atoms in total. The van der Waals surface area contributed by atoms with Crippen LogP contribution in [-0.2, 0) is 0 Å². The Morgan fingerprint density at radius 1 is 0.742 bits per heavy atom. The Labute approximate surface area is 192 Å². The Balaban J connectivity index is 1.63. The number of hydrogen-bond acceptors (Lipinski definition) is 1. The zero-order chi connectivity index (χ0) is 22.7. The molecule has 0 amide bonds. The lowest BCUT2D eigenvalue weighted by Crippen LogP contribution is -2.60. The van der Waals surface area contributed by atoms with Gasteiger partial charge in [0.1, 0.15) is 0 Å². The van der Waals surface area contributed by atoms with Gasteiger partial charge in [0.15, 0.2) is 0 Å². The SMILES string of the molecule is CC1(C)CC[C@]2(C)CC[C@]3(C)C(=CC=C4[C@@]5(C)CC[C@H](O)C(C)(C)[C@@H]5CC[C@]43C)[C@@H]2C1. The van der Waals surface area contributed by atoms with Crippen LogP contribution >= 0.6 is 0 Å². The van der Waals surface area contributed by atoms with Gasteiger partial charge >= 0.3 is 0 Å². The molecule has 0 aromatic heterocycles. The third-order valence-corrected chi connectivity index (χ3v) is 12.4. The number of fused-ring (bicyclic) bond motifs is 7. The van der Waals surface area contributed by atoms with Crippen molar-refractivity contribution in [2.45, 2.75) is 119 Å². The third-order valence-electron chi connectivity index (χ3n) is 12.4. The smallest absolute Gasteiger partial charge is 0.0594 e. The summed E-state index contributed by atoms with van der Waals surface area (Å²) in [6, 6.07) is 0. The van der Waals surface area contributed by atoms with Crippen LogP contribution in [0.15, 0.2) is 23.3 Å². The number of aliphatic hydroxyl groups excluding tert-OH is 1. The Bertz CT molecular complexity index is 844. The van der Waals surface area contributed by atoms with Crippen molar-refractivity contribution in [3.63, 3.8) is 0 Å². The highest BCUT2D eigenvalue weighted by atomic mass is 16.3. The van der Waals surface area contributed by atoms with Crippen LogP contribution in [0.1, 0.15) is 113 Å². The molecule has 0 unspecified atom stereocenters. The van der Waals surface area contributed by atoms with Crippen molar-refractivity contribution in [2.24, 2.45) is 44.3 Å². The second-order valence-corrected chi connectivity index (χ2v) is 14.8. The first kappa shape index (κ1) is 22.2. The van der Waals surface area contributed by atoms with E-state index < -0.39 is 0 Å². The summed E-state index contributed by atoms with van der Waals surface area (Å²) in [5.41, 5.74) is 5.32. The fraction of sp³-hybridized carbons (Fsp3) is 0.867. The number of allylic oxidation sites excluding steroid dienone is 4. The zero-order valence-electron chi connectivity index (χ0n) is 21.7. The monoisotopic (exact) mass is 424 g/mol. The van der Waals surface area contributed by atoms with Crippen LogP contribution in [0, 0.1) is 44.3 Å². The van der Waals surface area contributed by atoms with Crippen LogP contribution in [0.5, 0.6) is 0 Å². The van der Waals surface area contributed by atoms with E-state index in [1.807, 2.05) is 0 Å². The van der Waals surface area contributed by atoms with Crippen molar-refractivity contribution in [1.29, 1.82) is 0 Å². The molecule has 5 aliphatic carbocycles. The van der Waals surface area contributed by atoms with Crippen LogP contribution < -0.4 is 0 Å². The minimum absolute atomic E-state index is 0.0125. The molecule has 0 bridgehead atoms. The maximum absolute atomic E-state index is 10.9. The molecule has 4 saturated carbocycles. The Kier molecular flexibility index (Phi) is 4.53. The first-order valence-corrected chi connectivity index (χ1v) is 13.3. The molecule has 5 aliphatic rings. The normalized spacial score (nSPS) is 52.6. The Morgan fingerprint density at radius 2 is 1.42 bits per heavy atom. The van der Waals surface area contributed by atoms with Crippen LogP contribution in [0.2, 0.25) is 0 Å². The first-order valence-electron chi connectivity index (χ1n) is 13.3. The Morgan fingerprint density at radius 3 is 2.13 bits per heavy atom. The van der Waals surface area contributed by atoms with Gasteiger partial charge in [-0.3, -0.25) is 0 Å². The van der Waals surface area contributed by atoms with Gasteiger partial charge in [0.2, 0.25) is 0 Å². The predicted molar refractivity (Wildman–Crippen MR) is 131 cm³/mol. The summed E-state index contributed by atoms with van der Waals surface area (Å²) in [6.45, 7) is 20.2. The average molecular weight is 425 g/mol. The number of rotatable bonds is 0. The quantitative estimate of drug-likeness (QED) is 0.416. The zero-order valence-corrected chi connectivity index (χ0v) is 21.7. The maximum atomic E-state index is 10.9. The Hall–Kier alpha value is -0.560. The molecule has 0 spiro atoms. The fourth-order valence-corrected chi connectivity index (χ4v) is 9.81. The van der Waals surface area contributed by atoms with E-state index in [0.717, 1.165) is 18.8 Å². The van der Waals surface area contributed by atoms with Crippen molar-refractivity contribution in [3.05, 3.63) is 23.3 Å². The van der Waals surface area contributed by atoms with Gasteiger partial charge in [-0.1, -0.05) is 78.7 Å². The molecular weight excluding hydrogens is 376 g/mol. The molecule has 31 heavy (non-hydrogen) atoms. The molecule has 0 saturated heterocycles. The first-order chi connectivity index (χ1) is 14.2. The minimum atomic E-state index is -0.152. The second kappa shape index (κ2) is 6.31. The predicted octanol–water partition coefficient (Wildman–Crippen LogP) is 8.09. The van der Waals surface area contributed by atoms with E-state index in [0.29, 0.717) is 22.2 Å². The van der Waals surface area contributed by atoms with Gasteiger partial charge in [0, 0.05) is 0 Å². The second-order valence-electron chi connectivity index (χ2n) is 14.8. The van der Waals surface area contributed by atoms with Crippen molar-refractivity contribution in [3.8, 4) is 0 Å². The molecule has 1 heteroatoms. The van der Waals surface area contributed by atoms with Crippen molar-refractivity contribution < 1.29 is 5.11 Å². The topological polar surface area (TPSA) is 20.2 Å². The summed E-state index contributed by atoms with van der Waals surface area (Å²) >= 11 is 0. The maximum Gasteiger partial charge on any atom is 0.0594 e. The van der Waals surface area contributed by atoms with Crippen molar-refractivity contribution in [2.75, 3.05) is 0 Å². The summed E-state index contributed by atoms with van der Waals surface area (Å²) in [5.74, 6) is 1.34. The van der Waals surface area contributed by atoms with Crippen LogP contribution in [0.25, 0.3) is 0 Å². The molecule has 0 heterocycles. The average Bonchev–Trinajstić information content (AvgIpc) is 2.67. The molecular formula is C30H48O. The molecule has 0 radical (unpaired) electrons. The van der Waals surface area contributed by atoms with E-state index in [4.69, 9.17) is 0 Å². The number of aliphatic hydroxyl groups is 1. The molecule has 0 aromatic carbocycles. The fourth-order valence-electron chi connectivity index (χ4n) is 9.81. The highest BCUT2D eigenvalue weighted by Gasteiger charge is 2.65. The summed E-state index contributed by atoms with van der Waals surface area (Å²) in [6.07, 6.45) is 16.7. The molecule has 7 atom stereocenters. The lowest BCUT2D eigenvalue weighted by molar-refractivity contribution is -0.125. The van der Waals surface area contributed by atoms with E-state index in [-0.39, 0.29) is 22.3 Å². The van der Waals surface area contributed by atoms with Crippen molar-refractivity contribution >= 4 is 0 Å². The molecule has 0 aromatic rings. The summed E-state index contributed by atoms with van der Waals surface area (Å²) < 4.78 is 0. The van der Waals surface area contributed by atoms with Crippen LogP contribution in [-0.4, -0.2) is 11.2 Å². The lowest BCUT2D eigenvalue weighted by Gasteiger charge is -2.68. The van der Waals surface area contributed by atoms with Gasteiger partial charge in [-0.2, -0.15) is 0 Å². The van der Waals surface area contributed by atoms with Crippen molar-refractivity contribution in [1.82, 2.24) is 0 Å². The van der Waals surface area contributed by atoms with Gasteiger partial charge < -0.3 is 5.11 Å². The third kappa shape index (κ3) is 2.71. The van der Waals surface area contributed by atoms with E-state index in [1.54, 1.807) is 11.1 Å². The van der Waals surface area contributed by atoms with Crippen LogP contribution in [0.4, 0.5) is 0 Å². The van der Waals surface area contributed by atoms with E-state index >= 15 is 0 Å². The van der Waals surface area contributed by atoms with Gasteiger partial charge in [0.05, 0.1) is 6.10 Å². The standard InChI is InChI=1S/C30H48O/c1-25(2)15-16-27(5)17-18-29(7)20(21(27)19-25)9-10-23-28(6)13-12-24(31)26(3,4)22(28)11-14-30(23,29)8/h9-10,21-22,24,31H,11-19H2,1-8H3/t21-,22-,24-,27+,28-,29+,30+/m0/s1. The minimum Gasteiger partial charge on any atom is -0.393 e. The molecule has 4 fully saturated rings. The van der Waals surface area contributed by atoms with E-state index in [2.05, 4.69) is 67.5 Å². The number of hydrogen-bond donors (Lipinski definition) is 1.